The second kappa shape index (κ2) is 7.32. The molecule has 8 heteroatoms. The quantitative estimate of drug-likeness (QED) is 0.617. The molecule has 0 saturated heterocycles. The molecular formula is C16H14FN3O4. The van der Waals surface area contributed by atoms with E-state index in [1.54, 1.807) is 6.07 Å². The van der Waals surface area contributed by atoms with Gasteiger partial charge < -0.3 is 11.1 Å². The predicted molar refractivity (Wildman–Crippen MR) is 83.6 cm³/mol. The van der Waals surface area contributed by atoms with Gasteiger partial charge in [0.2, 0.25) is 5.91 Å². The van der Waals surface area contributed by atoms with E-state index >= 15 is 0 Å². The van der Waals surface area contributed by atoms with Gasteiger partial charge in [-0.25, -0.2) is 4.39 Å². The zero-order chi connectivity index (χ0) is 17.7. The van der Waals surface area contributed by atoms with E-state index in [1.807, 2.05) is 0 Å². The summed E-state index contributed by atoms with van der Waals surface area (Å²) >= 11 is 0. The molecule has 0 aromatic heterocycles. The van der Waals surface area contributed by atoms with Crippen LogP contribution in [0.2, 0.25) is 0 Å². The lowest BCUT2D eigenvalue weighted by Crippen LogP contribution is -2.45. The van der Waals surface area contributed by atoms with Crippen LogP contribution < -0.4 is 11.1 Å². The van der Waals surface area contributed by atoms with Gasteiger partial charge >= 0.3 is 0 Å². The van der Waals surface area contributed by atoms with Crippen LogP contribution in [0, 0.1) is 15.9 Å². The largest absolute Gasteiger partial charge is 0.368 e. The smallest absolute Gasteiger partial charge is 0.272 e. The molecule has 2 rings (SSSR count). The van der Waals surface area contributed by atoms with Crippen molar-refractivity contribution in [2.45, 2.75) is 12.5 Å². The fourth-order valence-electron chi connectivity index (χ4n) is 2.15. The van der Waals surface area contributed by atoms with Crippen molar-refractivity contribution in [3.05, 3.63) is 75.6 Å². The maximum atomic E-state index is 12.9. The number of hydrogen-bond donors (Lipinski definition) is 2. The van der Waals surface area contributed by atoms with Crippen LogP contribution in [0.4, 0.5) is 10.1 Å². The van der Waals surface area contributed by atoms with Gasteiger partial charge in [-0.1, -0.05) is 18.2 Å². The van der Waals surface area contributed by atoms with Crippen molar-refractivity contribution >= 4 is 17.5 Å². The molecule has 0 heterocycles. The van der Waals surface area contributed by atoms with Crippen molar-refractivity contribution < 1.29 is 18.9 Å². The molecule has 0 aliphatic heterocycles. The standard InChI is InChI=1S/C16H14FN3O4/c17-12-7-5-10(6-8-12)16(22)19-13(15(18)21)9-11-3-1-2-4-14(11)20(23)24/h1-8,13H,9H2,(H2,18,21)(H,19,22)/t13-/m0/s1. The average molecular weight is 331 g/mol. The Kier molecular flexibility index (Phi) is 5.20. The van der Waals surface area contributed by atoms with Crippen LogP contribution in [0.3, 0.4) is 0 Å². The Morgan fingerprint density at radius 1 is 1.17 bits per heavy atom. The molecule has 0 radical (unpaired) electrons. The highest BCUT2D eigenvalue weighted by Crippen LogP contribution is 2.19. The number of nitrogens with one attached hydrogen (secondary N) is 1. The van der Waals surface area contributed by atoms with E-state index in [9.17, 15) is 24.1 Å². The Morgan fingerprint density at radius 3 is 2.38 bits per heavy atom. The molecule has 1 atom stereocenters. The number of amides is 2. The lowest BCUT2D eigenvalue weighted by atomic mass is 10.0. The fourth-order valence-corrected chi connectivity index (χ4v) is 2.15. The number of rotatable bonds is 6. The van der Waals surface area contributed by atoms with Gasteiger partial charge in [0.15, 0.2) is 0 Å². The van der Waals surface area contributed by atoms with Crippen LogP contribution >= 0.6 is 0 Å². The first-order valence-corrected chi connectivity index (χ1v) is 6.96. The second-order valence-electron chi connectivity index (χ2n) is 5.03. The lowest BCUT2D eigenvalue weighted by molar-refractivity contribution is -0.385. The fraction of sp³-hybridized carbons (Fsp3) is 0.125. The zero-order valence-corrected chi connectivity index (χ0v) is 12.4. The molecule has 2 aromatic carbocycles. The van der Waals surface area contributed by atoms with Gasteiger partial charge in [0.25, 0.3) is 11.6 Å². The topological polar surface area (TPSA) is 115 Å². The van der Waals surface area contributed by atoms with Crippen molar-refractivity contribution in [2.24, 2.45) is 5.73 Å². The van der Waals surface area contributed by atoms with E-state index in [4.69, 9.17) is 5.73 Å². The highest BCUT2D eigenvalue weighted by atomic mass is 19.1. The summed E-state index contributed by atoms with van der Waals surface area (Å²) in [6.45, 7) is 0. The SMILES string of the molecule is NC(=O)[C@H](Cc1ccccc1[N+](=O)[O-])NC(=O)c1ccc(F)cc1. The number of carbonyl (C=O) groups excluding carboxylic acids is 2. The molecule has 0 fully saturated rings. The zero-order valence-electron chi connectivity index (χ0n) is 12.4. The molecule has 2 aromatic rings. The first-order chi connectivity index (χ1) is 11.4. The summed E-state index contributed by atoms with van der Waals surface area (Å²) in [6, 6.07) is 9.46. The van der Waals surface area contributed by atoms with Crippen LogP contribution in [0.1, 0.15) is 15.9 Å². The van der Waals surface area contributed by atoms with Crippen molar-refractivity contribution in [3.63, 3.8) is 0 Å². The normalized spacial score (nSPS) is 11.5. The minimum Gasteiger partial charge on any atom is -0.368 e. The Balaban J connectivity index is 2.19. The highest BCUT2D eigenvalue weighted by molar-refractivity contribution is 5.97. The third-order valence-electron chi connectivity index (χ3n) is 3.37. The van der Waals surface area contributed by atoms with Crippen molar-refractivity contribution in [3.8, 4) is 0 Å². The van der Waals surface area contributed by atoms with E-state index in [0.717, 1.165) is 12.1 Å². The predicted octanol–water partition coefficient (Wildman–Crippen LogP) is 1.56. The van der Waals surface area contributed by atoms with E-state index in [1.165, 1.54) is 30.3 Å². The Hall–Kier alpha value is -3.29. The van der Waals surface area contributed by atoms with Crippen molar-refractivity contribution in [2.75, 3.05) is 0 Å². The van der Waals surface area contributed by atoms with Gasteiger partial charge in [0.05, 0.1) is 4.92 Å². The number of hydrogen-bond acceptors (Lipinski definition) is 4. The van der Waals surface area contributed by atoms with E-state index in [0.29, 0.717) is 0 Å². The Labute approximate surface area is 136 Å². The maximum absolute atomic E-state index is 12.9. The molecule has 3 N–H and O–H groups in total. The number of nitro groups is 1. The van der Waals surface area contributed by atoms with Crippen molar-refractivity contribution in [1.29, 1.82) is 0 Å². The number of primary amides is 1. The third-order valence-corrected chi connectivity index (χ3v) is 3.37. The van der Waals surface area contributed by atoms with Gasteiger partial charge in [-0.15, -0.1) is 0 Å². The van der Waals surface area contributed by atoms with Crippen LogP contribution in [0.5, 0.6) is 0 Å². The Morgan fingerprint density at radius 2 is 1.79 bits per heavy atom. The van der Waals surface area contributed by atoms with Gasteiger partial charge in [-0.3, -0.25) is 19.7 Å². The number of halogens is 1. The van der Waals surface area contributed by atoms with E-state index < -0.39 is 28.6 Å². The molecule has 2 amide bonds. The number of para-hydroxylation sites is 1. The van der Waals surface area contributed by atoms with Gasteiger partial charge in [0.1, 0.15) is 11.9 Å². The van der Waals surface area contributed by atoms with Gasteiger partial charge in [-0.05, 0) is 24.3 Å². The van der Waals surface area contributed by atoms with E-state index in [2.05, 4.69) is 5.32 Å². The summed E-state index contributed by atoms with van der Waals surface area (Å²) in [5.74, 6) is -1.96. The number of nitrogens with zero attached hydrogens (tertiary/aromatic N) is 1. The summed E-state index contributed by atoms with van der Waals surface area (Å²) < 4.78 is 12.9. The minimum atomic E-state index is -1.14. The lowest BCUT2D eigenvalue weighted by Gasteiger charge is -2.15. The summed E-state index contributed by atoms with van der Waals surface area (Å²) in [4.78, 5) is 34.1. The van der Waals surface area contributed by atoms with Crippen molar-refractivity contribution in [1.82, 2.24) is 5.32 Å². The summed E-state index contributed by atoms with van der Waals surface area (Å²) in [7, 11) is 0. The third kappa shape index (κ3) is 4.13. The van der Waals surface area contributed by atoms with Gasteiger partial charge in [-0.2, -0.15) is 0 Å². The molecule has 0 unspecified atom stereocenters. The number of benzene rings is 2. The summed E-state index contributed by atoms with van der Waals surface area (Å²) in [6.07, 6.45) is -0.126. The molecular weight excluding hydrogens is 317 g/mol. The average Bonchev–Trinajstić information content (AvgIpc) is 2.55. The molecule has 7 nitrogen and oxygen atoms in total. The maximum Gasteiger partial charge on any atom is 0.272 e. The van der Waals surface area contributed by atoms with Crippen LogP contribution in [0.25, 0.3) is 0 Å². The van der Waals surface area contributed by atoms with Crippen LogP contribution in [-0.2, 0) is 11.2 Å². The van der Waals surface area contributed by atoms with Crippen LogP contribution in [-0.4, -0.2) is 22.8 Å². The minimum absolute atomic E-state index is 0.126. The number of nitro benzene ring substituents is 1. The molecule has 124 valence electrons. The molecule has 0 saturated carbocycles. The second-order valence-corrected chi connectivity index (χ2v) is 5.03. The van der Waals surface area contributed by atoms with E-state index in [-0.39, 0.29) is 23.2 Å². The first kappa shape index (κ1) is 17.1. The molecule has 0 bridgehead atoms. The summed E-state index contributed by atoms with van der Waals surface area (Å²) in [5, 5.41) is 13.4. The monoisotopic (exact) mass is 331 g/mol. The molecule has 24 heavy (non-hydrogen) atoms. The summed E-state index contributed by atoms with van der Waals surface area (Å²) in [5.41, 5.74) is 5.52. The highest BCUT2D eigenvalue weighted by Gasteiger charge is 2.23. The number of nitrogens with two attached hydrogens (primary N) is 1. The Bertz CT molecular complexity index is 777. The molecule has 0 aliphatic rings. The van der Waals surface area contributed by atoms with Crippen LogP contribution in [0.15, 0.2) is 48.5 Å². The number of carbonyl (C=O) groups is 2. The molecule has 0 spiro atoms. The molecule has 0 aliphatic carbocycles. The van der Waals surface area contributed by atoms with Gasteiger partial charge in [0, 0.05) is 23.6 Å². The first-order valence-electron chi connectivity index (χ1n) is 6.96.